The lowest BCUT2D eigenvalue weighted by Crippen LogP contribution is -1.91. The second kappa shape index (κ2) is 10.4. The number of rotatable bonds is 4. The zero-order valence-electron chi connectivity index (χ0n) is 34.7. The second-order valence-corrected chi connectivity index (χ2v) is 10.8. The average Bonchev–Trinajstić information content (AvgIpc) is 3.62. The summed E-state index contributed by atoms with van der Waals surface area (Å²) in [6.07, 6.45) is 0. The Labute approximate surface area is 277 Å². The fraction of sp³-hybridized carbons (Fsp3) is 0. The molecule has 0 unspecified atom stereocenters. The van der Waals surface area contributed by atoms with Gasteiger partial charge in [0.2, 0.25) is 0 Å². The van der Waals surface area contributed by atoms with E-state index in [0.29, 0.717) is 27.5 Å². The molecule has 0 saturated heterocycles. The van der Waals surface area contributed by atoms with E-state index in [4.69, 9.17) is 15.4 Å². The summed E-state index contributed by atoms with van der Waals surface area (Å²) in [5.74, 6) is 0. The van der Waals surface area contributed by atoms with Gasteiger partial charge < -0.3 is 4.42 Å². The van der Waals surface area contributed by atoms with Crippen LogP contribution in [0.25, 0.3) is 88.0 Å². The quantitative estimate of drug-likeness (QED) is 0.188. The zero-order valence-corrected chi connectivity index (χ0v) is 23.7. The number of hydrogen-bond donors (Lipinski definition) is 0. The highest BCUT2D eigenvalue weighted by atomic mass is 16.3. The van der Waals surface area contributed by atoms with Gasteiger partial charge >= 0.3 is 0 Å². The van der Waals surface area contributed by atoms with Crippen LogP contribution >= 0.6 is 0 Å². The largest absolute Gasteiger partial charge is 0.456 e. The maximum atomic E-state index is 9.40. The van der Waals surface area contributed by atoms with Gasteiger partial charge in [0.15, 0.2) is 0 Å². The van der Waals surface area contributed by atoms with Crippen LogP contribution in [0.15, 0.2) is 174 Å². The van der Waals surface area contributed by atoms with E-state index in [1.807, 2.05) is 66.7 Å². The van der Waals surface area contributed by atoms with E-state index in [9.17, 15) is 4.11 Å². The monoisotopic (exact) mass is 583 g/mol. The summed E-state index contributed by atoms with van der Waals surface area (Å²) in [7, 11) is 0. The van der Waals surface area contributed by atoms with E-state index in [2.05, 4.69) is 0 Å². The molecule has 0 spiro atoms. The summed E-state index contributed by atoms with van der Waals surface area (Å²) in [6, 6.07) is 28.0. The van der Waals surface area contributed by atoms with E-state index in [-0.39, 0.29) is 87.0 Å². The lowest BCUT2D eigenvalue weighted by atomic mass is 9.84. The minimum absolute atomic E-state index is 0.00374. The molecule has 0 amide bonds. The average molecular weight is 584 g/mol. The van der Waals surface area contributed by atoms with Crippen LogP contribution in [-0.4, -0.2) is 0 Å². The summed E-state index contributed by atoms with van der Waals surface area (Å²) in [6.45, 7) is 0. The molecule has 0 N–H and O–H groups in total. The van der Waals surface area contributed by atoms with Crippen LogP contribution in [0.3, 0.4) is 0 Å². The molecule has 8 aromatic carbocycles. The SMILES string of the molecule is [2H]c1c([2H])c([2H])c(-c2ccc(-c3c4ccccc4c(-c4c([2H])c([2H])c([2H])c5oc6c([2H])c(-c7ccccc7)c([2H])c([2H])c6c45)c4ccccc34)cc2)c([2H])c1[2H]. The van der Waals surface area contributed by atoms with Crippen molar-refractivity contribution in [3.05, 3.63) is 170 Å². The molecule has 0 aliphatic carbocycles. The molecule has 0 bridgehead atoms. The first-order valence-electron chi connectivity index (χ1n) is 20.0. The second-order valence-electron chi connectivity index (χ2n) is 10.8. The van der Waals surface area contributed by atoms with Crippen LogP contribution in [0.5, 0.6) is 0 Å². The van der Waals surface area contributed by atoms with E-state index < -0.39 is 18.1 Å². The summed E-state index contributed by atoms with van der Waals surface area (Å²) in [4.78, 5) is 0. The van der Waals surface area contributed by atoms with Gasteiger partial charge in [-0.2, -0.15) is 0 Å². The summed E-state index contributed by atoms with van der Waals surface area (Å²) in [5.41, 5.74) is 3.78. The van der Waals surface area contributed by atoms with Gasteiger partial charge in [-0.15, -0.1) is 0 Å². The molecule has 45 heavy (non-hydrogen) atoms. The van der Waals surface area contributed by atoms with Gasteiger partial charge in [-0.3, -0.25) is 0 Å². The summed E-state index contributed by atoms with van der Waals surface area (Å²) >= 11 is 0. The molecule has 1 heterocycles. The fourth-order valence-corrected chi connectivity index (χ4v) is 6.29. The predicted molar refractivity (Wildman–Crippen MR) is 190 cm³/mol. The van der Waals surface area contributed by atoms with Crippen molar-refractivity contribution >= 4 is 43.5 Å². The molecule has 0 aliphatic heterocycles. The number of benzene rings is 8. The molecule has 210 valence electrons. The van der Waals surface area contributed by atoms with Crippen LogP contribution in [0.1, 0.15) is 15.1 Å². The van der Waals surface area contributed by atoms with Crippen LogP contribution in [0.4, 0.5) is 0 Å². The molecule has 0 atom stereocenters. The number of fused-ring (bicyclic) bond motifs is 5. The number of furan rings is 1. The molecule has 9 aromatic rings. The molecule has 0 fully saturated rings. The van der Waals surface area contributed by atoms with Crippen molar-refractivity contribution in [2.24, 2.45) is 0 Å². The third-order valence-electron chi connectivity index (χ3n) is 8.28. The first-order chi connectivity index (χ1) is 26.9. The first kappa shape index (κ1) is 16.8. The minimum Gasteiger partial charge on any atom is -0.456 e. The fourth-order valence-electron chi connectivity index (χ4n) is 6.29. The van der Waals surface area contributed by atoms with Crippen LogP contribution < -0.4 is 0 Å². The number of hydrogen-bond acceptors (Lipinski definition) is 1. The predicted octanol–water partition coefficient (Wildman–Crippen LogP) is 12.6. The van der Waals surface area contributed by atoms with Crippen LogP contribution in [-0.2, 0) is 0 Å². The van der Waals surface area contributed by atoms with Crippen molar-refractivity contribution in [1.29, 1.82) is 0 Å². The van der Waals surface area contributed by atoms with Crippen molar-refractivity contribution in [1.82, 2.24) is 0 Å². The van der Waals surface area contributed by atoms with E-state index in [1.54, 1.807) is 36.4 Å². The summed E-state index contributed by atoms with van der Waals surface area (Å²) < 4.78 is 102. The Morgan fingerprint density at radius 2 is 0.978 bits per heavy atom. The Morgan fingerprint density at radius 3 is 1.67 bits per heavy atom. The standard InChI is InChI=1S/C44H28O/c1-3-12-29(13-4-1)31-22-24-32(25-23-31)42-34-16-7-9-18-36(34)43(37-19-10-8-17-35(37)42)39-20-11-21-40-44(39)38-27-26-33(28-41(38)45-40)30-14-5-2-6-15-30/h1-28H/i1D,3D,4D,11D,12D,13D,20D,21D,26D,27D,28D. The van der Waals surface area contributed by atoms with Gasteiger partial charge in [-0.25, -0.2) is 0 Å². The van der Waals surface area contributed by atoms with Gasteiger partial charge in [0.1, 0.15) is 11.2 Å². The lowest BCUT2D eigenvalue weighted by molar-refractivity contribution is 0.669. The molecule has 1 heteroatoms. The van der Waals surface area contributed by atoms with Crippen molar-refractivity contribution < 1.29 is 19.5 Å². The van der Waals surface area contributed by atoms with Gasteiger partial charge in [0.25, 0.3) is 0 Å². The Morgan fingerprint density at radius 1 is 0.378 bits per heavy atom. The van der Waals surface area contributed by atoms with Gasteiger partial charge in [-0.05, 0) is 84.2 Å². The van der Waals surface area contributed by atoms with Crippen molar-refractivity contribution in [3.63, 3.8) is 0 Å². The van der Waals surface area contributed by atoms with Gasteiger partial charge in [0, 0.05) is 10.8 Å². The molecule has 9 rings (SSSR count). The maximum Gasteiger partial charge on any atom is 0.136 e. The van der Waals surface area contributed by atoms with Gasteiger partial charge in [0.05, 0.1) is 15.1 Å². The third-order valence-corrected chi connectivity index (χ3v) is 8.28. The van der Waals surface area contributed by atoms with Crippen LogP contribution in [0, 0.1) is 0 Å². The Bertz CT molecular complexity index is 3050. The zero-order chi connectivity index (χ0) is 39.3. The first-order valence-corrected chi connectivity index (χ1v) is 14.5. The normalized spacial score (nSPS) is 15.0. The Kier molecular flexibility index (Phi) is 3.87. The molecular formula is C44H28O. The topological polar surface area (TPSA) is 13.1 Å². The minimum atomic E-state index is -0.457. The molecule has 0 saturated carbocycles. The highest BCUT2D eigenvalue weighted by Gasteiger charge is 2.20. The van der Waals surface area contributed by atoms with E-state index in [0.717, 1.165) is 21.9 Å². The van der Waals surface area contributed by atoms with Crippen molar-refractivity contribution in [2.45, 2.75) is 0 Å². The highest BCUT2D eigenvalue weighted by molar-refractivity contribution is 6.25. The molecule has 0 aliphatic rings. The maximum absolute atomic E-state index is 9.40. The van der Waals surface area contributed by atoms with Gasteiger partial charge in [-0.1, -0.05) is 151 Å². The highest BCUT2D eigenvalue weighted by Crippen LogP contribution is 2.47. The lowest BCUT2D eigenvalue weighted by Gasteiger charge is -2.18. The van der Waals surface area contributed by atoms with Crippen molar-refractivity contribution in [3.8, 4) is 44.5 Å². The molecule has 1 nitrogen and oxygen atoms in total. The summed E-state index contributed by atoms with van der Waals surface area (Å²) in [5, 5.41) is 3.36. The van der Waals surface area contributed by atoms with Crippen LogP contribution in [0.2, 0.25) is 0 Å². The molecular weight excluding hydrogens is 544 g/mol. The van der Waals surface area contributed by atoms with Crippen molar-refractivity contribution in [2.75, 3.05) is 0 Å². The smallest absolute Gasteiger partial charge is 0.136 e. The Hall–Kier alpha value is -5.92. The molecule has 1 aromatic heterocycles. The molecule has 0 radical (unpaired) electrons. The van der Waals surface area contributed by atoms with E-state index in [1.165, 1.54) is 0 Å². The van der Waals surface area contributed by atoms with E-state index >= 15 is 0 Å². The third kappa shape index (κ3) is 4.17. The Balaban J connectivity index is 1.36.